The molecule has 0 bridgehead atoms. The Labute approximate surface area is 184 Å². The van der Waals surface area contributed by atoms with Crippen LogP contribution >= 0.6 is 24.0 Å². The van der Waals surface area contributed by atoms with Crippen LogP contribution in [0.5, 0.6) is 5.75 Å². The number of ether oxygens (including phenoxy) is 1. The maximum atomic E-state index is 5.45. The second-order valence-electron chi connectivity index (χ2n) is 6.91. The number of hydrogen-bond acceptors (Lipinski definition) is 4. The zero-order valence-corrected chi connectivity index (χ0v) is 19.3. The Hall–Kier alpha value is -1.84. The zero-order valence-electron chi connectivity index (χ0n) is 17.0. The Morgan fingerprint density at radius 3 is 2.86 bits per heavy atom. The van der Waals surface area contributed by atoms with Gasteiger partial charge in [0.2, 0.25) is 0 Å². The summed E-state index contributed by atoms with van der Waals surface area (Å²) >= 11 is 0. The molecule has 28 heavy (non-hydrogen) atoms. The molecule has 7 nitrogen and oxygen atoms in total. The summed E-state index contributed by atoms with van der Waals surface area (Å²) in [5.74, 6) is 3.79. The average Bonchev–Trinajstić information content (AvgIpc) is 2.91. The summed E-state index contributed by atoms with van der Waals surface area (Å²) in [4.78, 5) is 4.32. The van der Waals surface area contributed by atoms with Crippen LogP contribution in [0, 0.1) is 6.92 Å². The molecular formula is C20H31IN6O. The van der Waals surface area contributed by atoms with Crippen LogP contribution in [0.2, 0.25) is 0 Å². The Morgan fingerprint density at radius 1 is 1.21 bits per heavy atom. The van der Waals surface area contributed by atoms with Crippen molar-refractivity contribution in [2.45, 2.75) is 52.1 Å². The number of rotatable bonds is 6. The molecule has 8 heteroatoms. The number of hydrogen-bond donors (Lipinski definition) is 2. The van der Waals surface area contributed by atoms with E-state index in [4.69, 9.17) is 4.74 Å². The van der Waals surface area contributed by atoms with Gasteiger partial charge in [-0.25, -0.2) is 0 Å². The van der Waals surface area contributed by atoms with E-state index in [1.54, 1.807) is 14.2 Å². The van der Waals surface area contributed by atoms with Gasteiger partial charge < -0.3 is 19.9 Å². The van der Waals surface area contributed by atoms with Gasteiger partial charge in [0, 0.05) is 26.6 Å². The van der Waals surface area contributed by atoms with Crippen LogP contribution in [0.15, 0.2) is 23.2 Å². The lowest BCUT2D eigenvalue weighted by molar-refractivity contribution is 0.409. The fourth-order valence-corrected chi connectivity index (χ4v) is 3.48. The summed E-state index contributed by atoms with van der Waals surface area (Å²) in [5, 5.41) is 15.4. The highest BCUT2D eigenvalue weighted by Crippen LogP contribution is 2.19. The Morgan fingerprint density at radius 2 is 2.07 bits per heavy atom. The highest BCUT2D eigenvalue weighted by Gasteiger charge is 2.14. The van der Waals surface area contributed by atoms with Crippen LogP contribution in [-0.4, -0.2) is 41.4 Å². The normalized spacial score (nSPS) is 13.9. The van der Waals surface area contributed by atoms with Crippen molar-refractivity contribution in [1.29, 1.82) is 0 Å². The van der Waals surface area contributed by atoms with Crippen molar-refractivity contribution in [3.63, 3.8) is 0 Å². The lowest BCUT2D eigenvalue weighted by atomic mass is 10.1. The minimum Gasteiger partial charge on any atom is -0.496 e. The second-order valence-corrected chi connectivity index (χ2v) is 6.91. The number of methoxy groups -OCH3 is 1. The highest BCUT2D eigenvalue weighted by atomic mass is 127. The Balaban J connectivity index is 0.00000280. The fraction of sp³-hybridized carbons (Fsp3) is 0.550. The number of halogens is 1. The van der Waals surface area contributed by atoms with Crippen LogP contribution in [0.1, 0.15) is 42.0 Å². The molecule has 1 aliphatic heterocycles. The number of benzene rings is 1. The molecule has 154 valence electrons. The van der Waals surface area contributed by atoms with Gasteiger partial charge in [0.1, 0.15) is 11.6 Å². The van der Waals surface area contributed by atoms with Crippen LogP contribution < -0.4 is 15.4 Å². The van der Waals surface area contributed by atoms with E-state index in [-0.39, 0.29) is 24.0 Å². The summed E-state index contributed by atoms with van der Waals surface area (Å²) < 4.78 is 7.71. The maximum Gasteiger partial charge on any atom is 0.191 e. The van der Waals surface area contributed by atoms with Crippen LogP contribution in [0.3, 0.4) is 0 Å². The van der Waals surface area contributed by atoms with E-state index in [9.17, 15) is 0 Å². The van der Waals surface area contributed by atoms with Gasteiger partial charge in [-0.05, 0) is 37.8 Å². The van der Waals surface area contributed by atoms with Gasteiger partial charge in [-0.1, -0.05) is 24.1 Å². The number of guanidine groups is 1. The summed E-state index contributed by atoms with van der Waals surface area (Å²) in [7, 11) is 3.50. The van der Waals surface area contributed by atoms with Gasteiger partial charge in [-0.15, -0.1) is 34.2 Å². The predicted molar refractivity (Wildman–Crippen MR) is 123 cm³/mol. The van der Waals surface area contributed by atoms with Gasteiger partial charge in [-0.3, -0.25) is 4.99 Å². The van der Waals surface area contributed by atoms with Crippen LogP contribution in [0.25, 0.3) is 0 Å². The molecule has 1 aromatic carbocycles. The largest absolute Gasteiger partial charge is 0.496 e. The van der Waals surface area contributed by atoms with E-state index < -0.39 is 0 Å². The first-order valence-electron chi connectivity index (χ1n) is 9.70. The summed E-state index contributed by atoms with van der Waals surface area (Å²) in [6, 6.07) is 6.26. The van der Waals surface area contributed by atoms with Gasteiger partial charge in [-0.2, -0.15) is 0 Å². The van der Waals surface area contributed by atoms with Gasteiger partial charge in [0.05, 0.1) is 13.7 Å². The molecule has 0 unspecified atom stereocenters. The van der Waals surface area contributed by atoms with E-state index in [1.807, 2.05) is 6.07 Å². The second kappa shape index (κ2) is 11.2. The molecule has 1 aromatic heterocycles. The van der Waals surface area contributed by atoms with Crippen molar-refractivity contribution < 1.29 is 4.74 Å². The molecule has 0 aliphatic carbocycles. The molecule has 2 aromatic rings. The van der Waals surface area contributed by atoms with Crippen molar-refractivity contribution in [3.8, 4) is 5.75 Å². The third-order valence-corrected chi connectivity index (χ3v) is 4.95. The lowest BCUT2D eigenvalue weighted by Gasteiger charge is -2.14. The molecule has 1 aliphatic rings. The van der Waals surface area contributed by atoms with E-state index in [2.05, 4.69) is 49.4 Å². The van der Waals surface area contributed by atoms with E-state index in [0.717, 1.165) is 49.3 Å². The van der Waals surface area contributed by atoms with Gasteiger partial charge in [0.25, 0.3) is 0 Å². The first-order chi connectivity index (χ1) is 13.2. The van der Waals surface area contributed by atoms with E-state index in [0.29, 0.717) is 6.54 Å². The van der Waals surface area contributed by atoms with Gasteiger partial charge in [0.15, 0.2) is 11.8 Å². The average molecular weight is 498 g/mol. The molecule has 2 N–H and O–H groups in total. The maximum absolute atomic E-state index is 5.45. The zero-order chi connectivity index (χ0) is 19.1. The van der Waals surface area contributed by atoms with Crippen molar-refractivity contribution in [2.75, 3.05) is 20.7 Å². The van der Waals surface area contributed by atoms with E-state index in [1.165, 1.54) is 30.4 Å². The van der Waals surface area contributed by atoms with Gasteiger partial charge >= 0.3 is 0 Å². The first-order valence-corrected chi connectivity index (χ1v) is 9.70. The molecule has 0 fully saturated rings. The van der Waals surface area contributed by atoms with E-state index >= 15 is 0 Å². The minimum atomic E-state index is 0. The van der Waals surface area contributed by atoms with Crippen molar-refractivity contribution in [1.82, 2.24) is 25.4 Å². The molecule has 2 heterocycles. The molecule has 0 saturated carbocycles. The summed E-state index contributed by atoms with van der Waals surface area (Å²) in [5.41, 5.74) is 2.43. The van der Waals surface area contributed by atoms with Crippen LogP contribution in [0.4, 0.5) is 0 Å². The molecule has 0 amide bonds. The lowest BCUT2D eigenvalue weighted by Crippen LogP contribution is -2.38. The Bertz CT molecular complexity index is 789. The molecule has 0 atom stereocenters. The Kier molecular flexibility index (Phi) is 9.01. The third kappa shape index (κ3) is 5.83. The molecule has 3 rings (SSSR count). The quantitative estimate of drug-likeness (QED) is 0.364. The van der Waals surface area contributed by atoms with Crippen molar-refractivity contribution in [3.05, 3.63) is 41.0 Å². The standard InChI is InChI=1S/C20H30N6O.HI/c1-15-8-9-17(27-3)16(13-15)10-11-22-20(21-2)23-14-19-25-24-18-7-5-4-6-12-26(18)19;/h8-9,13H,4-7,10-12,14H2,1-3H3,(H2,21,22,23);1H. The third-order valence-electron chi connectivity index (χ3n) is 4.95. The molecule has 0 spiro atoms. The predicted octanol–water partition coefficient (Wildman–Crippen LogP) is 2.85. The monoisotopic (exact) mass is 498 g/mol. The molecular weight excluding hydrogens is 467 g/mol. The SMILES string of the molecule is CN=C(NCCc1cc(C)ccc1OC)NCc1nnc2n1CCCCC2.I. The number of aryl methyl sites for hydroxylation is 2. The summed E-state index contributed by atoms with van der Waals surface area (Å²) in [6.07, 6.45) is 5.56. The number of nitrogens with one attached hydrogen (secondary N) is 2. The number of aliphatic imine (C=N–C) groups is 1. The smallest absolute Gasteiger partial charge is 0.191 e. The first kappa shape index (κ1) is 22.4. The highest BCUT2D eigenvalue weighted by molar-refractivity contribution is 14.0. The topological polar surface area (TPSA) is 76.4 Å². The van der Waals surface area contributed by atoms with Crippen LogP contribution in [-0.2, 0) is 25.9 Å². The number of fused-ring (bicyclic) bond motifs is 1. The summed E-state index contributed by atoms with van der Waals surface area (Å²) in [6.45, 7) is 4.51. The number of nitrogens with zero attached hydrogens (tertiary/aromatic N) is 4. The van der Waals surface area contributed by atoms with Crippen molar-refractivity contribution >= 4 is 29.9 Å². The minimum absolute atomic E-state index is 0. The van der Waals surface area contributed by atoms with Crippen molar-refractivity contribution in [2.24, 2.45) is 4.99 Å². The molecule has 0 saturated heterocycles. The molecule has 0 radical (unpaired) electrons. The fourth-order valence-electron chi connectivity index (χ4n) is 3.48. The number of aromatic nitrogens is 3.